The lowest BCUT2D eigenvalue weighted by atomic mass is 10.3. The Labute approximate surface area is 122 Å². The van der Waals surface area contributed by atoms with Crippen molar-refractivity contribution in [3.05, 3.63) is 24.9 Å². The highest BCUT2D eigenvalue weighted by atomic mass is 35.7. The average Bonchev–Trinajstić information content (AvgIpc) is 2.23. The van der Waals surface area contributed by atoms with E-state index in [1.165, 1.54) is 12.2 Å². The Morgan fingerprint density at radius 2 is 1.94 bits per heavy atom. The third kappa shape index (κ3) is 3.28. The number of carboxylic acids is 1. The first kappa shape index (κ1) is 16.6. The number of allylic oxidation sites excluding steroid dienone is 2. The van der Waals surface area contributed by atoms with Crippen LogP contribution in [-0.2, 0) is 4.79 Å². The number of halogens is 5. The van der Waals surface area contributed by atoms with E-state index in [-0.39, 0.29) is 0 Å². The van der Waals surface area contributed by atoms with Crippen LogP contribution in [0.3, 0.4) is 0 Å². The first-order chi connectivity index (χ1) is 7.24. The Bertz CT molecular complexity index is 311. The lowest BCUT2D eigenvalue weighted by Gasteiger charge is -2.36. The molecule has 0 aromatic heterocycles. The Hall–Kier alpha value is 0.550. The lowest BCUT2D eigenvalue weighted by molar-refractivity contribution is -0.142. The predicted molar refractivity (Wildman–Crippen MR) is 71.1 cm³/mol. The summed E-state index contributed by atoms with van der Waals surface area (Å²) in [6.45, 7) is 3.38. The number of nitrogens with zero attached hydrogens (tertiary/aromatic N) is 1. The first-order valence-corrected chi connectivity index (χ1v) is 6.69. The van der Waals surface area contributed by atoms with E-state index in [0.29, 0.717) is 15.4 Å². The molecule has 1 N–H and O–H groups in total. The quantitative estimate of drug-likeness (QED) is 0.339. The van der Waals surface area contributed by atoms with Crippen LogP contribution in [0.4, 0.5) is 0 Å². The van der Waals surface area contributed by atoms with Crippen LogP contribution in [0.1, 0.15) is 0 Å². The molecule has 16 heavy (non-hydrogen) atoms. The molecule has 0 bridgehead atoms. The van der Waals surface area contributed by atoms with Gasteiger partial charge in [0.25, 0.3) is 5.00 Å². The summed E-state index contributed by atoms with van der Waals surface area (Å²) >= 11 is 22.9. The zero-order valence-electron chi connectivity index (χ0n) is 7.54. The molecule has 92 valence electrons. The van der Waals surface area contributed by atoms with Gasteiger partial charge in [0.2, 0.25) is 3.67 Å². The SMILES string of the molecule is C=CC=CN(Cl)C(Cl)(C(=O)O)C(Cl)(Cl)SCl. The van der Waals surface area contributed by atoms with E-state index < -0.39 is 14.6 Å². The molecule has 0 aromatic rings. The van der Waals surface area contributed by atoms with Gasteiger partial charge in [-0.1, -0.05) is 47.5 Å². The molecule has 0 amide bonds. The van der Waals surface area contributed by atoms with Crippen molar-refractivity contribution in [2.75, 3.05) is 0 Å². The summed E-state index contributed by atoms with van der Waals surface area (Å²) in [5.41, 5.74) is 0. The third-order valence-corrected chi connectivity index (χ3v) is 5.47. The van der Waals surface area contributed by atoms with Gasteiger partial charge in [-0.2, -0.15) is 0 Å². The highest BCUT2D eigenvalue weighted by molar-refractivity contribution is 8.24. The highest BCUT2D eigenvalue weighted by Crippen LogP contribution is 2.52. The summed E-state index contributed by atoms with van der Waals surface area (Å²) in [5.74, 6) is -1.55. The molecular weight excluding hydrogens is 339 g/mol. The molecule has 0 aliphatic heterocycles. The molecule has 0 saturated carbocycles. The van der Waals surface area contributed by atoms with E-state index in [2.05, 4.69) is 6.58 Å². The summed E-state index contributed by atoms with van der Waals surface area (Å²) in [6, 6.07) is 0. The van der Waals surface area contributed by atoms with Gasteiger partial charge in [0.05, 0.1) is 0 Å². The Morgan fingerprint density at radius 3 is 2.25 bits per heavy atom. The summed E-state index contributed by atoms with van der Waals surface area (Å²) in [6.07, 6.45) is 3.87. The lowest BCUT2D eigenvalue weighted by Crippen LogP contribution is -2.54. The molecule has 3 nitrogen and oxygen atoms in total. The van der Waals surface area contributed by atoms with Crippen LogP contribution in [0, 0.1) is 0 Å². The van der Waals surface area contributed by atoms with Gasteiger partial charge in [0.1, 0.15) is 0 Å². The van der Waals surface area contributed by atoms with Crippen molar-refractivity contribution in [1.29, 1.82) is 0 Å². The molecule has 0 aromatic carbocycles. The van der Waals surface area contributed by atoms with Gasteiger partial charge < -0.3 is 5.11 Å². The van der Waals surface area contributed by atoms with Crippen molar-refractivity contribution in [1.82, 2.24) is 4.42 Å². The van der Waals surface area contributed by atoms with Gasteiger partial charge in [0.15, 0.2) is 0 Å². The minimum Gasteiger partial charge on any atom is -0.478 e. The van der Waals surface area contributed by atoms with Crippen molar-refractivity contribution >= 4 is 74.2 Å². The fourth-order valence-corrected chi connectivity index (χ4v) is 2.29. The van der Waals surface area contributed by atoms with Crippen LogP contribution >= 0.6 is 68.2 Å². The molecule has 0 aliphatic rings. The van der Waals surface area contributed by atoms with Gasteiger partial charge in [-0.3, -0.25) is 4.42 Å². The molecule has 0 heterocycles. The molecule has 9 heteroatoms. The normalized spacial score (nSPS) is 15.8. The molecule has 0 fully saturated rings. The van der Waals surface area contributed by atoms with Crippen LogP contribution in [0.15, 0.2) is 24.9 Å². The topological polar surface area (TPSA) is 40.5 Å². The number of hydrogen-bond acceptors (Lipinski definition) is 3. The Balaban J connectivity index is 5.35. The second-order valence-corrected chi connectivity index (χ2v) is 6.33. The van der Waals surface area contributed by atoms with Gasteiger partial charge in [-0.25, -0.2) is 4.79 Å². The first-order valence-electron chi connectivity index (χ1n) is 3.58. The standard InChI is InChI=1S/C7H6Cl5NO2S/c1-2-3-4-13(11)6(8,5(14)15)7(9,10)16-12/h2-4H,1H2,(H,14,15). The largest absolute Gasteiger partial charge is 0.478 e. The molecule has 0 rings (SSSR count). The van der Waals surface area contributed by atoms with E-state index in [0.717, 1.165) is 6.20 Å². The van der Waals surface area contributed by atoms with Gasteiger partial charge in [-0.15, -0.1) is 0 Å². The molecule has 0 saturated heterocycles. The minimum absolute atomic E-state index is 0.329. The maximum absolute atomic E-state index is 11.1. The summed E-state index contributed by atoms with van der Waals surface area (Å²) in [4.78, 5) is 8.74. The van der Waals surface area contributed by atoms with Crippen LogP contribution in [0.2, 0.25) is 0 Å². The Morgan fingerprint density at radius 1 is 1.44 bits per heavy atom. The van der Waals surface area contributed by atoms with Gasteiger partial charge in [-0.05, 0) is 27.7 Å². The summed E-state index contributed by atoms with van der Waals surface area (Å²) in [5, 5.41) is 9.01. The molecule has 0 aliphatic carbocycles. The molecule has 0 spiro atoms. The van der Waals surface area contributed by atoms with E-state index in [1.807, 2.05) is 0 Å². The van der Waals surface area contributed by atoms with Gasteiger partial charge in [0, 0.05) is 18.0 Å². The number of carbonyl (C=O) groups is 1. The van der Waals surface area contributed by atoms with Crippen molar-refractivity contribution < 1.29 is 9.90 Å². The smallest absolute Gasteiger partial charge is 0.350 e. The highest BCUT2D eigenvalue weighted by Gasteiger charge is 2.59. The molecule has 1 atom stereocenters. The van der Waals surface area contributed by atoms with E-state index in [4.69, 9.17) is 62.4 Å². The van der Waals surface area contributed by atoms with Crippen LogP contribution in [0.5, 0.6) is 0 Å². The zero-order chi connectivity index (χ0) is 13.0. The number of rotatable bonds is 6. The number of carboxylic acid groups (broad SMARTS) is 1. The van der Waals surface area contributed by atoms with Crippen LogP contribution in [-0.4, -0.2) is 24.2 Å². The van der Waals surface area contributed by atoms with Crippen molar-refractivity contribution in [2.24, 2.45) is 0 Å². The predicted octanol–water partition coefficient (Wildman–Crippen LogP) is 4.18. The van der Waals surface area contributed by atoms with Crippen molar-refractivity contribution in [3.63, 3.8) is 0 Å². The summed E-state index contributed by atoms with van der Waals surface area (Å²) in [7, 11) is 5.70. The molecule has 1 unspecified atom stereocenters. The average molecular weight is 345 g/mol. The molecule has 0 radical (unpaired) electrons. The molecular formula is C7H6Cl5NO2S. The number of alkyl halides is 3. The Kier molecular flexibility index (Phi) is 6.70. The van der Waals surface area contributed by atoms with E-state index >= 15 is 0 Å². The van der Waals surface area contributed by atoms with Crippen molar-refractivity contribution in [2.45, 2.75) is 8.66 Å². The number of hydrogen-bond donors (Lipinski definition) is 1. The number of aliphatic carboxylic acids is 1. The van der Waals surface area contributed by atoms with Crippen LogP contribution in [0.25, 0.3) is 0 Å². The van der Waals surface area contributed by atoms with E-state index in [9.17, 15) is 4.79 Å². The van der Waals surface area contributed by atoms with Crippen molar-refractivity contribution in [3.8, 4) is 0 Å². The van der Waals surface area contributed by atoms with Gasteiger partial charge >= 0.3 is 5.97 Å². The zero-order valence-corrected chi connectivity index (χ0v) is 12.1. The minimum atomic E-state index is -2.33. The van der Waals surface area contributed by atoms with Crippen LogP contribution < -0.4 is 0 Å². The summed E-state index contributed by atoms with van der Waals surface area (Å²) < 4.78 is -1.46. The third-order valence-electron chi connectivity index (χ3n) is 1.41. The maximum Gasteiger partial charge on any atom is 0.350 e. The second-order valence-electron chi connectivity index (χ2n) is 2.41. The van der Waals surface area contributed by atoms with E-state index in [1.54, 1.807) is 0 Å². The second kappa shape index (κ2) is 6.47. The monoisotopic (exact) mass is 343 g/mol. The maximum atomic E-state index is 11.1. The fourth-order valence-electron chi connectivity index (χ4n) is 0.630. The fraction of sp³-hybridized carbons (Fsp3) is 0.286.